The van der Waals surface area contributed by atoms with E-state index in [0.29, 0.717) is 5.75 Å². The first kappa shape index (κ1) is 14.4. The average molecular weight is 271 g/mol. The van der Waals surface area contributed by atoms with Gasteiger partial charge in [-0.25, -0.2) is 0 Å². The van der Waals surface area contributed by atoms with Crippen molar-refractivity contribution in [3.63, 3.8) is 0 Å². The smallest absolute Gasteiger partial charge is 0.160 e. The van der Waals surface area contributed by atoms with Crippen LogP contribution in [0.5, 0.6) is 11.5 Å². The van der Waals surface area contributed by atoms with Gasteiger partial charge in [0.1, 0.15) is 0 Å². The Hall–Kier alpha value is -2.00. The third kappa shape index (κ3) is 4.00. The molecule has 1 N–H and O–H groups in total. The fraction of sp³-hybridized carbons (Fsp3) is 0.294. The van der Waals surface area contributed by atoms with Crippen molar-refractivity contribution in [2.24, 2.45) is 0 Å². The quantitative estimate of drug-likeness (QED) is 0.876. The topological polar surface area (TPSA) is 32.7 Å². The largest absolute Gasteiger partial charge is 0.504 e. The van der Waals surface area contributed by atoms with Gasteiger partial charge in [-0.1, -0.05) is 36.4 Å². The summed E-state index contributed by atoms with van der Waals surface area (Å²) >= 11 is 0. The van der Waals surface area contributed by atoms with Crippen molar-refractivity contribution in [3.05, 3.63) is 59.7 Å². The monoisotopic (exact) mass is 271 g/mol. The van der Waals surface area contributed by atoms with Gasteiger partial charge in [0.05, 0.1) is 7.11 Å². The molecule has 2 aromatic carbocycles. The van der Waals surface area contributed by atoms with E-state index < -0.39 is 0 Å². The van der Waals surface area contributed by atoms with Crippen molar-refractivity contribution < 1.29 is 9.84 Å². The van der Waals surface area contributed by atoms with Crippen molar-refractivity contribution in [3.8, 4) is 11.5 Å². The van der Waals surface area contributed by atoms with Gasteiger partial charge in [-0.2, -0.15) is 0 Å². The molecular weight excluding hydrogens is 250 g/mol. The number of hydrogen-bond acceptors (Lipinski definition) is 3. The highest BCUT2D eigenvalue weighted by Crippen LogP contribution is 2.26. The van der Waals surface area contributed by atoms with Crippen LogP contribution in [-0.2, 0) is 13.0 Å². The van der Waals surface area contributed by atoms with E-state index >= 15 is 0 Å². The third-order valence-corrected chi connectivity index (χ3v) is 3.32. The highest BCUT2D eigenvalue weighted by Gasteiger charge is 2.05. The molecule has 0 spiro atoms. The summed E-state index contributed by atoms with van der Waals surface area (Å²) in [4.78, 5) is 2.29. The van der Waals surface area contributed by atoms with Gasteiger partial charge in [0.15, 0.2) is 11.5 Å². The molecule has 0 bridgehead atoms. The number of rotatable bonds is 6. The van der Waals surface area contributed by atoms with Gasteiger partial charge in [-0.3, -0.25) is 0 Å². The fourth-order valence-electron chi connectivity index (χ4n) is 2.17. The average Bonchev–Trinajstić information content (AvgIpc) is 2.47. The summed E-state index contributed by atoms with van der Waals surface area (Å²) in [7, 11) is 3.69. The predicted molar refractivity (Wildman–Crippen MR) is 81.1 cm³/mol. The molecule has 0 radical (unpaired) electrons. The number of ether oxygens (including phenoxy) is 1. The van der Waals surface area contributed by atoms with Crippen LogP contribution in [0.2, 0.25) is 0 Å². The predicted octanol–water partition coefficient (Wildman–Crippen LogP) is 3.08. The summed E-state index contributed by atoms with van der Waals surface area (Å²) in [6, 6.07) is 16.0. The highest BCUT2D eigenvalue weighted by atomic mass is 16.5. The van der Waals surface area contributed by atoms with Gasteiger partial charge in [0, 0.05) is 13.1 Å². The van der Waals surface area contributed by atoms with Crippen molar-refractivity contribution in [2.45, 2.75) is 13.0 Å². The zero-order valence-electron chi connectivity index (χ0n) is 12.0. The SMILES string of the molecule is COc1cc(CCN(C)Cc2ccccc2)ccc1O. The van der Waals surface area contributed by atoms with Crippen LogP contribution in [0.15, 0.2) is 48.5 Å². The molecule has 0 saturated heterocycles. The maximum absolute atomic E-state index is 9.57. The molecule has 0 unspecified atom stereocenters. The second-order valence-electron chi connectivity index (χ2n) is 4.98. The van der Waals surface area contributed by atoms with Gasteiger partial charge < -0.3 is 14.7 Å². The second-order valence-corrected chi connectivity index (χ2v) is 4.98. The maximum atomic E-state index is 9.57. The minimum absolute atomic E-state index is 0.189. The Morgan fingerprint density at radius 3 is 2.50 bits per heavy atom. The van der Waals surface area contributed by atoms with Crippen molar-refractivity contribution >= 4 is 0 Å². The minimum atomic E-state index is 0.189. The lowest BCUT2D eigenvalue weighted by molar-refractivity contribution is 0.330. The molecule has 0 atom stereocenters. The minimum Gasteiger partial charge on any atom is -0.504 e. The summed E-state index contributed by atoms with van der Waals surface area (Å²) in [5, 5.41) is 9.57. The van der Waals surface area contributed by atoms with Crippen LogP contribution in [0.4, 0.5) is 0 Å². The molecule has 0 aromatic heterocycles. The van der Waals surface area contributed by atoms with Crippen LogP contribution in [0, 0.1) is 0 Å². The van der Waals surface area contributed by atoms with Crippen molar-refractivity contribution in [2.75, 3.05) is 20.7 Å². The van der Waals surface area contributed by atoms with Crippen LogP contribution in [-0.4, -0.2) is 30.7 Å². The van der Waals surface area contributed by atoms with Gasteiger partial charge in [0.25, 0.3) is 0 Å². The fourth-order valence-corrected chi connectivity index (χ4v) is 2.17. The van der Waals surface area contributed by atoms with Crippen LogP contribution in [0.3, 0.4) is 0 Å². The Balaban J connectivity index is 1.88. The molecule has 2 aromatic rings. The van der Waals surface area contributed by atoms with Gasteiger partial charge in [0.2, 0.25) is 0 Å². The highest BCUT2D eigenvalue weighted by molar-refractivity contribution is 5.41. The number of hydrogen-bond donors (Lipinski definition) is 1. The normalized spacial score (nSPS) is 10.8. The number of phenols is 1. The van der Waals surface area contributed by atoms with Gasteiger partial charge >= 0.3 is 0 Å². The lowest BCUT2D eigenvalue weighted by Crippen LogP contribution is -2.20. The number of methoxy groups -OCH3 is 1. The first-order valence-corrected chi connectivity index (χ1v) is 6.77. The van der Waals surface area contributed by atoms with E-state index in [2.05, 4.69) is 36.2 Å². The van der Waals surface area contributed by atoms with E-state index in [9.17, 15) is 5.11 Å². The van der Waals surface area contributed by atoms with Crippen molar-refractivity contribution in [1.82, 2.24) is 4.90 Å². The van der Waals surface area contributed by atoms with E-state index in [0.717, 1.165) is 19.5 Å². The summed E-state index contributed by atoms with van der Waals surface area (Å²) in [5.41, 5.74) is 2.48. The summed E-state index contributed by atoms with van der Waals surface area (Å²) in [6.45, 7) is 1.90. The van der Waals surface area contributed by atoms with Crippen molar-refractivity contribution in [1.29, 1.82) is 0 Å². The number of aromatic hydroxyl groups is 1. The molecule has 20 heavy (non-hydrogen) atoms. The zero-order valence-corrected chi connectivity index (χ0v) is 12.0. The summed E-state index contributed by atoms with van der Waals surface area (Å²) in [6.07, 6.45) is 0.931. The van der Waals surface area contributed by atoms with Crippen LogP contribution in [0.25, 0.3) is 0 Å². The molecule has 2 rings (SSSR count). The molecular formula is C17H21NO2. The van der Waals surface area contributed by atoms with E-state index in [1.54, 1.807) is 13.2 Å². The lowest BCUT2D eigenvalue weighted by atomic mass is 10.1. The second kappa shape index (κ2) is 6.96. The Kier molecular flexibility index (Phi) is 5.02. The Labute approximate surface area is 120 Å². The van der Waals surface area contributed by atoms with Crippen LogP contribution < -0.4 is 4.74 Å². The van der Waals surface area contributed by atoms with Crippen LogP contribution >= 0.6 is 0 Å². The lowest BCUT2D eigenvalue weighted by Gasteiger charge is -2.17. The number of phenolic OH excluding ortho intramolecular Hbond substituents is 1. The molecule has 3 heteroatoms. The van der Waals surface area contributed by atoms with E-state index in [-0.39, 0.29) is 5.75 Å². The molecule has 0 amide bonds. The van der Waals surface area contributed by atoms with E-state index in [1.807, 2.05) is 18.2 Å². The molecule has 106 valence electrons. The third-order valence-electron chi connectivity index (χ3n) is 3.32. The number of nitrogens with zero attached hydrogens (tertiary/aromatic N) is 1. The molecule has 0 aliphatic heterocycles. The zero-order chi connectivity index (χ0) is 14.4. The van der Waals surface area contributed by atoms with Gasteiger partial charge in [-0.15, -0.1) is 0 Å². The Bertz CT molecular complexity index is 540. The summed E-state index contributed by atoms with van der Waals surface area (Å²) in [5.74, 6) is 0.724. The van der Waals surface area contributed by atoms with Gasteiger partial charge in [-0.05, 0) is 36.7 Å². The van der Waals surface area contributed by atoms with E-state index in [4.69, 9.17) is 4.74 Å². The Morgan fingerprint density at radius 2 is 1.80 bits per heavy atom. The Morgan fingerprint density at radius 1 is 1.05 bits per heavy atom. The first-order chi connectivity index (χ1) is 9.69. The molecule has 0 heterocycles. The molecule has 0 aliphatic rings. The van der Waals surface area contributed by atoms with Crippen LogP contribution in [0.1, 0.15) is 11.1 Å². The molecule has 0 fully saturated rings. The first-order valence-electron chi connectivity index (χ1n) is 6.77. The number of benzene rings is 2. The molecule has 3 nitrogen and oxygen atoms in total. The standard InChI is InChI=1S/C17H21NO2/c1-18(13-15-6-4-3-5-7-15)11-10-14-8-9-16(19)17(12-14)20-2/h3-9,12,19H,10-11,13H2,1-2H3. The number of likely N-dealkylation sites (N-methyl/N-ethyl adjacent to an activating group) is 1. The summed E-state index contributed by atoms with van der Waals surface area (Å²) < 4.78 is 5.12. The maximum Gasteiger partial charge on any atom is 0.160 e. The molecule has 0 saturated carbocycles. The molecule has 0 aliphatic carbocycles. The van der Waals surface area contributed by atoms with E-state index in [1.165, 1.54) is 11.1 Å².